The quantitative estimate of drug-likeness (QED) is 0.602. The van der Waals surface area contributed by atoms with Crippen LogP contribution >= 0.6 is 0 Å². The molecule has 1 N–H and O–H groups in total. The molecule has 0 aliphatic carbocycles. The summed E-state index contributed by atoms with van der Waals surface area (Å²) >= 11 is 0. The molecule has 3 aromatic carbocycles. The number of hydrogen-bond acceptors (Lipinski definition) is 4. The summed E-state index contributed by atoms with van der Waals surface area (Å²) in [5.41, 5.74) is 2.04. The maximum Gasteiger partial charge on any atom is 0.241 e. The summed E-state index contributed by atoms with van der Waals surface area (Å²) in [5.74, 6) is -0.193. The largest absolute Gasteiger partial charge is 0.368 e. The number of anilines is 1. The van der Waals surface area contributed by atoms with Crippen LogP contribution in [0.5, 0.6) is 0 Å². The number of piperazine rings is 1. The molecule has 6 nitrogen and oxygen atoms in total. The summed E-state index contributed by atoms with van der Waals surface area (Å²) in [6.07, 6.45) is 0.296. The second-order valence-corrected chi connectivity index (χ2v) is 9.54. The molecule has 166 valence electrons. The monoisotopic (exact) mass is 449 g/mol. The molecule has 7 heteroatoms. The number of rotatable bonds is 7. The lowest BCUT2D eigenvalue weighted by Gasteiger charge is -2.37. The van der Waals surface area contributed by atoms with Gasteiger partial charge in [-0.15, -0.1) is 0 Å². The third kappa shape index (κ3) is 5.36. The number of nitrogens with one attached hydrogen (secondary N) is 1. The minimum atomic E-state index is -3.82. The van der Waals surface area contributed by atoms with Crippen LogP contribution in [0.1, 0.15) is 5.56 Å². The van der Waals surface area contributed by atoms with Gasteiger partial charge >= 0.3 is 0 Å². The Hall–Kier alpha value is -3.16. The first-order valence-electron chi connectivity index (χ1n) is 10.7. The van der Waals surface area contributed by atoms with Gasteiger partial charge in [-0.1, -0.05) is 66.7 Å². The van der Waals surface area contributed by atoms with Gasteiger partial charge in [0.1, 0.15) is 6.04 Å². The Kier molecular flexibility index (Phi) is 6.87. The number of sulfonamides is 1. The average molecular weight is 450 g/mol. The van der Waals surface area contributed by atoms with Crippen molar-refractivity contribution in [2.45, 2.75) is 17.4 Å². The van der Waals surface area contributed by atoms with E-state index in [2.05, 4.69) is 21.8 Å². The van der Waals surface area contributed by atoms with E-state index in [4.69, 9.17) is 0 Å². The zero-order chi connectivity index (χ0) is 22.4. The van der Waals surface area contributed by atoms with Gasteiger partial charge in [0.15, 0.2) is 0 Å². The van der Waals surface area contributed by atoms with Gasteiger partial charge in [0, 0.05) is 31.9 Å². The third-order valence-electron chi connectivity index (χ3n) is 5.64. The van der Waals surface area contributed by atoms with Crippen LogP contribution in [0.4, 0.5) is 5.69 Å². The minimum Gasteiger partial charge on any atom is -0.368 e. The molecule has 1 aliphatic heterocycles. The molecule has 1 unspecified atom stereocenters. The number of nitrogens with zero attached hydrogens (tertiary/aromatic N) is 2. The van der Waals surface area contributed by atoms with Gasteiger partial charge < -0.3 is 9.80 Å². The van der Waals surface area contributed by atoms with Crippen molar-refractivity contribution in [3.8, 4) is 0 Å². The van der Waals surface area contributed by atoms with Crippen molar-refractivity contribution in [1.82, 2.24) is 9.62 Å². The number of carbonyl (C=O) groups is 1. The van der Waals surface area contributed by atoms with E-state index in [0.29, 0.717) is 32.6 Å². The maximum absolute atomic E-state index is 13.4. The second-order valence-electron chi connectivity index (χ2n) is 7.82. The predicted molar refractivity (Wildman–Crippen MR) is 126 cm³/mol. The van der Waals surface area contributed by atoms with Crippen molar-refractivity contribution in [2.75, 3.05) is 31.1 Å². The summed E-state index contributed by atoms with van der Waals surface area (Å²) in [6.45, 7) is 2.51. The average Bonchev–Trinajstić information content (AvgIpc) is 2.85. The highest BCUT2D eigenvalue weighted by atomic mass is 32.2. The number of carbonyl (C=O) groups excluding carboxylic acids is 1. The number of amides is 1. The summed E-state index contributed by atoms with van der Waals surface area (Å²) in [4.78, 5) is 17.6. The van der Waals surface area contributed by atoms with Crippen molar-refractivity contribution < 1.29 is 13.2 Å². The van der Waals surface area contributed by atoms with Crippen LogP contribution in [0.2, 0.25) is 0 Å². The van der Waals surface area contributed by atoms with E-state index in [1.54, 1.807) is 23.1 Å². The van der Waals surface area contributed by atoms with Gasteiger partial charge in [0.2, 0.25) is 15.9 Å². The van der Waals surface area contributed by atoms with Crippen molar-refractivity contribution in [1.29, 1.82) is 0 Å². The minimum absolute atomic E-state index is 0.153. The van der Waals surface area contributed by atoms with E-state index in [0.717, 1.165) is 11.3 Å². The first-order chi connectivity index (χ1) is 15.5. The Bertz CT molecular complexity index is 1110. The zero-order valence-electron chi connectivity index (χ0n) is 17.8. The lowest BCUT2D eigenvalue weighted by Crippen LogP contribution is -2.55. The molecule has 1 amide bonds. The molecule has 0 bridgehead atoms. The lowest BCUT2D eigenvalue weighted by atomic mass is 10.1. The Morgan fingerprint density at radius 1 is 0.781 bits per heavy atom. The Balaban J connectivity index is 1.50. The third-order valence-corrected chi connectivity index (χ3v) is 7.13. The van der Waals surface area contributed by atoms with Gasteiger partial charge in [0.05, 0.1) is 4.90 Å². The zero-order valence-corrected chi connectivity index (χ0v) is 18.6. The fraction of sp³-hybridized carbons (Fsp3) is 0.240. The molecule has 0 radical (unpaired) electrons. The van der Waals surface area contributed by atoms with E-state index in [9.17, 15) is 13.2 Å². The predicted octanol–water partition coefficient (Wildman–Crippen LogP) is 2.93. The van der Waals surface area contributed by atoms with Crippen molar-refractivity contribution in [3.63, 3.8) is 0 Å². The van der Waals surface area contributed by atoms with Crippen LogP contribution in [-0.2, 0) is 21.2 Å². The molecule has 3 aromatic rings. The second kappa shape index (κ2) is 9.97. The molecule has 32 heavy (non-hydrogen) atoms. The smallest absolute Gasteiger partial charge is 0.241 e. The van der Waals surface area contributed by atoms with E-state index >= 15 is 0 Å². The number of para-hydroxylation sites is 1. The molecule has 1 fully saturated rings. The Labute approximate surface area is 189 Å². The van der Waals surface area contributed by atoms with E-state index in [1.165, 1.54) is 12.1 Å². The van der Waals surface area contributed by atoms with Crippen LogP contribution in [0.15, 0.2) is 95.9 Å². The highest BCUT2D eigenvalue weighted by Crippen LogP contribution is 2.17. The Morgan fingerprint density at radius 2 is 1.31 bits per heavy atom. The molecular formula is C25H27N3O3S. The maximum atomic E-state index is 13.4. The van der Waals surface area contributed by atoms with Crippen LogP contribution in [0.25, 0.3) is 0 Å². The molecule has 1 saturated heterocycles. The molecule has 0 spiro atoms. The SMILES string of the molecule is O=C(C(Cc1ccccc1)NS(=O)(=O)c1ccccc1)N1CCN(c2ccccc2)CC1. The van der Waals surface area contributed by atoms with E-state index < -0.39 is 16.1 Å². The molecule has 1 heterocycles. The summed E-state index contributed by atoms with van der Waals surface area (Å²) in [7, 11) is -3.82. The molecule has 1 atom stereocenters. The van der Waals surface area contributed by atoms with Crippen LogP contribution < -0.4 is 9.62 Å². The lowest BCUT2D eigenvalue weighted by molar-refractivity contribution is -0.133. The van der Waals surface area contributed by atoms with Crippen molar-refractivity contribution in [2.24, 2.45) is 0 Å². The molecule has 0 aromatic heterocycles. The van der Waals surface area contributed by atoms with Gasteiger partial charge in [-0.2, -0.15) is 4.72 Å². The van der Waals surface area contributed by atoms with Crippen LogP contribution in [-0.4, -0.2) is 51.4 Å². The molecular weight excluding hydrogens is 422 g/mol. The van der Waals surface area contributed by atoms with Gasteiger partial charge in [-0.3, -0.25) is 4.79 Å². The fourth-order valence-electron chi connectivity index (χ4n) is 3.93. The van der Waals surface area contributed by atoms with Gasteiger partial charge in [-0.05, 0) is 36.2 Å². The molecule has 4 rings (SSSR count). The highest BCUT2D eigenvalue weighted by Gasteiger charge is 2.31. The summed E-state index contributed by atoms with van der Waals surface area (Å²) in [5, 5.41) is 0. The highest BCUT2D eigenvalue weighted by molar-refractivity contribution is 7.89. The molecule has 1 aliphatic rings. The van der Waals surface area contributed by atoms with Crippen molar-refractivity contribution >= 4 is 21.6 Å². The Morgan fingerprint density at radius 3 is 1.91 bits per heavy atom. The van der Waals surface area contributed by atoms with Crippen LogP contribution in [0, 0.1) is 0 Å². The standard InChI is InChI=1S/C25H27N3O3S/c29-25(28-18-16-27(17-19-28)22-12-6-2-7-13-22)24(20-21-10-4-1-5-11-21)26-32(30,31)23-14-8-3-9-15-23/h1-15,24,26H,16-20H2. The first kappa shape index (κ1) is 22.0. The fourth-order valence-corrected chi connectivity index (χ4v) is 5.14. The van der Waals surface area contributed by atoms with E-state index in [1.807, 2.05) is 48.5 Å². The molecule has 0 saturated carbocycles. The number of hydrogen-bond donors (Lipinski definition) is 1. The number of benzene rings is 3. The van der Waals surface area contributed by atoms with Gasteiger partial charge in [-0.25, -0.2) is 8.42 Å². The first-order valence-corrected chi connectivity index (χ1v) is 12.2. The van der Waals surface area contributed by atoms with Gasteiger partial charge in [0.25, 0.3) is 0 Å². The summed E-state index contributed by atoms with van der Waals surface area (Å²) in [6, 6.07) is 26.9. The van der Waals surface area contributed by atoms with Crippen LogP contribution in [0.3, 0.4) is 0 Å². The summed E-state index contributed by atoms with van der Waals surface area (Å²) < 4.78 is 28.6. The topological polar surface area (TPSA) is 69.7 Å². The normalized spacial score (nSPS) is 15.4. The van der Waals surface area contributed by atoms with E-state index in [-0.39, 0.29) is 10.8 Å². The van der Waals surface area contributed by atoms with Crippen molar-refractivity contribution in [3.05, 3.63) is 96.6 Å².